The number of nitrogens with two attached hydrogens (primary N) is 1. The first-order valence-corrected chi connectivity index (χ1v) is 7.27. The Kier molecular flexibility index (Phi) is 4.93. The zero-order valence-electron chi connectivity index (χ0n) is 13.2. The Labute approximate surface area is 139 Å². The van der Waals surface area contributed by atoms with Crippen LogP contribution in [0.15, 0.2) is 42.0 Å². The SMILES string of the molecule is CC1=CC(=N)C(=N)C=C1.Nc1ccc(N2C(=O)CCC2=O)cc1O. The van der Waals surface area contributed by atoms with E-state index in [1.807, 2.05) is 13.0 Å². The molecule has 2 aliphatic rings. The summed E-state index contributed by atoms with van der Waals surface area (Å²) in [4.78, 5) is 23.8. The first-order chi connectivity index (χ1) is 11.3. The van der Waals surface area contributed by atoms with Crippen molar-refractivity contribution >= 4 is 34.6 Å². The summed E-state index contributed by atoms with van der Waals surface area (Å²) in [7, 11) is 0. The zero-order valence-corrected chi connectivity index (χ0v) is 13.2. The van der Waals surface area contributed by atoms with Gasteiger partial charge in [-0.15, -0.1) is 0 Å². The minimum Gasteiger partial charge on any atom is -0.506 e. The van der Waals surface area contributed by atoms with Gasteiger partial charge in [-0.25, -0.2) is 0 Å². The molecule has 2 amide bonds. The maximum atomic E-state index is 11.4. The predicted octanol–water partition coefficient (Wildman–Crippen LogP) is 2.17. The number of anilines is 2. The lowest BCUT2D eigenvalue weighted by Gasteiger charge is -2.14. The number of imide groups is 1. The number of phenols is 1. The highest BCUT2D eigenvalue weighted by Crippen LogP contribution is 2.29. The molecule has 5 N–H and O–H groups in total. The van der Waals surface area contributed by atoms with Gasteiger partial charge in [-0.3, -0.25) is 25.3 Å². The van der Waals surface area contributed by atoms with Crippen molar-refractivity contribution < 1.29 is 14.7 Å². The molecule has 1 aromatic rings. The molecule has 0 spiro atoms. The van der Waals surface area contributed by atoms with E-state index < -0.39 is 0 Å². The third kappa shape index (κ3) is 3.75. The number of hydrogen-bond donors (Lipinski definition) is 4. The number of amides is 2. The number of nitrogens with zero attached hydrogens (tertiary/aromatic N) is 1. The zero-order chi connectivity index (χ0) is 17.9. The van der Waals surface area contributed by atoms with E-state index >= 15 is 0 Å². The Bertz CT molecular complexity index is 777. The first-order valence-electron chi connectivity index (χ1n) is 7.27. The first kappa shape index (κ1) is 17.1. The lowest BCUT2D eigenvalue weighted by molar-refractivity contribution is -0.121. The smallest absolute Gasteiger partial charge is 0.234 e. The normalized spacial score (nSPS) is 16.9. The highest BCUT2D eigenvalue weighted by atomic mass is 16.3. The molecule has 0 saturated carbocycles. The highest BCUT2D eigenvalue weighted by molar-refractivity contribution is 6.49. The molecule has 1 fully saturated rings. The van der Waals surface area contributed by atoms with E-state index in [0.717, 1.165) is 10.5 Å². The Balaban J connectivity index is 0.000000198. The molecule has 7 nitrogen and oxygen atoms in total. The Morgan fingerprint density at radius 1 is 1.08 bits per heavy atom. The Morgan fingerprint density at radius 2 is 1.71 bits per heavy atom. The van der Waals surface area contributed by atoms with Crippen molar-refractivity contribution in [2.24, 2.45) is 0 Å². The van der Waals surface area contributed by atoms with Crippen LogP contribution in [0.3, 0.4) is 0 Å². The summed E-state index contributed by atoms with van der Waals surface area (Å²) in [6, 6.07) is 4.32. The average molecular weight is 326 g/mol. The van der Waals surface area contributed by atoms with Crippen LogP contribution in [0.25, 0.3) is 0 Å². The van der Waals surface area contributed by atoms with Crippen molar-refractivity contribution in [2.45, 2.75) is 19.8 Å². The van der Waals surface area contributed by atoms with E-state index in [4.69, 9.17) is 16.6 Å². The summed E-state index contributed by atoms with van der Waals surface area (Å²) in [5, 5.41) is 23.7. The Hall–Kier alpha value is -3.22. The number of carbonyl (C=O) groups is 2. The van der Waals surface area contributed by atoms with E-state index in [1.165, 1.54) is 18.2 Å². The van der Waals surface area contributed by atoms with Gasteiger partial charge in [0.25, 0.3) is 0 Å². The van der Waals surface area contributed by atoms with Crippen LogP contribution in [0.1, 0.15) is 19.8 Å². The van der Waals surface area contributed by atoms with E-state index in [2.05, 4.69) is 0 Å². The van der Waals surface area contributed by atoms with Crippen LogP contribution in [-0.2, 0) is 9.59 Å². The highest BCUT2D eigenvalue weighted by Gasteiger charge is 2.30. The van der Waals surface area contributed by atoms with Gasteiger partial charge in [-0.05, 0) is 36.8 Å². The maximum absolute atomic E-state index is 11.4. The number of benzene rings is 1. The lowest BCUT2D eigenvalue weighted by Crippen LogP contribution is -2.28. The summed E-state index contributed by atoms with van der Waals surface area (Å²) in [6.45, 7) is 1.91. The molecule has 0 atom stereocenters. The van der Waals surface area contributed by atoms with Crippen LogP contribution in [0.2, 0.25) is 0 Å². The third-order valence-electron chi connectivity index (χ3n) is 3.50. The van der Waals surface area contributed by atoms with Gasteiger partial charge in [0.15, 0.2) is 0 Å². The van der Waals surface area contributed by atoms with E-state index in [-0.39, 0.29) is 36.1 Å². The van der Waals surface area contributed by atoms with Crippen LogP contribution in [0.4, 0.5) is 11.4 Å². The standard InChI is InChI=1S/C10H10N2O3.C7H8N2/c11-7-2-1-6(5-8(7)13)12-9(14)3-4-10(12)15;1-5-2-3-6(8)7(9)4-5/h1-2,5,13H,3-4,11H2;2-4,8-9H,1H3. The summed E-state index contributed by atoms with van der Waals surface area (Å²) < 4.78 is 0. The van der Waals surface area contributed by atoms with Crippen LogP contribution in [0, 0.1) is 10.8 Å². The second-order valence-corrected chi connectivity index (χ2v) is 5.42. The number of rotatable bonds is 1. The van der Waals surface area contributed by atoms with Crippen LogP contribution in [0.5, 0.6) is 5.75 Å². The van der Waals surface area contributed by atoms with E-state index in [1.54, 1.807) is 12.2 Å². The number of carbonyl (C=O) groups excluding carboxylic acids is 2. The van der Waals surface area contributed by atoms with Gasteiger partial charge in [0.05, 0.1) is 22.8 Å². The van der Waals surface area contributed by atoms with Crippen molar-refractivity contribution in [2.75, 3.05) is 10.6 Å². The molecule has 124 valence electrons. The van der Waals surface area contributed by atoms with Gasteiger partial charge >= 0.3 is 0 Å². The molecule has 3 rings (SSSR count). The fourth-order valence-corrected chi connectivity index (χ4v) is 2.19. The van der Waals surface area contributed by atoms with Crippen LogP contribution < -0.4 is 10.6 Å². The summed E-state index contributed by atoms with van der Waals surface area (Å²) in [5.41, 5.74) is 7.64. The van der Waals surface area contributed by atoms with Gasteiger partial charge in [0, 0.05) is 18.9 Å². The maximum Gasteiger partial charge on any atom is 0.234 e. The van der Waals surface area contributed by atoms with Crippen molar-refractivity contribution in [1.29, 1.82) is 10.8 Å². The van der Waals surface area contributed by atoms with Gasteiger partial charge in [-0.1, -0.05) is 6.08 Å². The van der Waals surface area contributed by atoms with Crippen molar-refractivity contribution in [3.05, 3.63) is 42.0 Å². The monoisotopic (exact) mass is 326 g/mol. The third-order valence-corrected chi connectivity index (χ3v) is 3.50. The minimum absolute atomic E-state index is 0.125. The molecule has 1 aliphatic heterocycles. The molecule has 0 bridgehead atoms. The summed E-state index contributed by atoms with van der Waals surface area (Å²) in [5.74, 6) is -0.617. The average Bonchev–Trinajstić information content (AvgIpc) is 2.86. The molecule has 1 saturated heterocycles. The quantitative estimate of drug-likeness (QED) is 0.272. The molecule has 0 unspecified atom stereocenters. The molecular formula is C17H18N4O3. The number of phenolic OH excluding ortho intramolecular Hbond substituents is 1. The Morgan fingerprint density at radius 3 is 2.21 bits per heavy atom. The molecule has 0 aromatic heterocycles. The van der Waals surface area contributed by atoms with Gasteiger partial charge in [0.1, 0.15) is 5.75 Å². The van der Waals surface area contributed by atoms with E-state index in [0.29, 0.717) is 17.1 Å². The van der Waals surface area contributed by atoms with Crippen LogP contribution >= 0.6 is 0 Å². The van der Waals surface area contributed by atoms with Crippen molar-refractivity contribution in [1.82, 2.24) is 0 Å². The number of hydrogen-bond acceptors (Lipinski definition) is 6. The lowest BCUT2D eigenvalue weighted by atomic mass is 10.1. The molecule has 24 heavy (non-hydrogen) atoms. The van der Waals surface area contributed by atoms with Gasteiger partial charge in [0.2, 0.25) is 11.8 Å². The topological polar surface area (TPSA) is 131 Å². The fraction of sp³-hybridized carbons (Fsp3) is 0.176. The largest absolute Gasteiger partial charge is 0.506 e. The molecule has 7 heteroatoms. The summed E-state index contributed by atoms with van der Waals surface area (Å²) in [6.07, 6.45) is 5.61. The van der Waals surface area contributed by atoms with Crippen molar-refractivity contribution in [3.8, 4) is 5.75 Å². The molecular weight excluding hydrogens is 308 g/mol. The molecule has 1 aliphatic carbocycles. The molecule has 1 heterocycles. The second kappa shape index (κ2) is 6.91. The summed E-state index contributed by atoms with van der Waals surface area (Å²) >= 11 is 0. The van der Waals surface area contributed by atoms with E-state index in [9.17, 15) is 14.7 Å². The van der Waals surface area contributed by atoms with Gasteiger partial charge < -0.3 is 10.8 Å². The molecule has 0 radical (unpaired) electrons. The molecule has 1 aromatic carbocycles. The number of allylic oxidation sites excluding steroid dienone is 4. The van der Waals surface area contributed by atoms with Gasteiger partial charge in [-0.2, -0.15) is 0 Å². The second-order valence-electron chi connectivity index (χ2n) is 5.42. The number of nitrogen functional groups attached to an aromatic ring is 1. The fourth-order valence-electron chi connectivity index (χ4n) is 2.19. The predicted molar refractivity (Wildman–Crippen MR) is 92.6 cm³/mol. The number of aromatic hydroxyl groups is 1. The van der Waals surface area contributed by atoms with Crippen molar-refractivity contribution in [3.63, 3.8) is 0 Å². The minimum atomic E-state index is -0.246. The van der Waals surface area contributed by atoms with Crippen LogP contribution in [-0.4, -0.2) is 28.3 Å². The number of nitrogens with one attached hydrogen (secondary N) is 2.